The normalized spacial score (nSPS) is 21.7. The number of hydrogen-bond acceptors (Lipinski definition) is 4. The molecule has 0 N–H and O–H groups in total. The van der Waals surface area contributed by atoms with Crippen LogP contribution in [0.1, 0.15) is 64.9 Å². The van der Waals surface area contributed by atoms with Gasteiger partial charge in [0.25, 0.3) is 0 Å². The van der Waals surface area contributed by atoms with Crippen LogP contribution in [0.2, 0.25) is 0 Å². The van der Waals surface area contributed by atoms with E-state index in [2.05, 4.69) is 0 Å². The number of carbonyl (C=O) groups is 2. The third-order valence-electron chi connectivity index (χ3n) is 5.17. The van der Waals surface area contributed by atoms with E-state index in [0.29, 0.717) is 19.4 Å². The molecule has 0 heterocycles. The highest BCUT2D eigenvalue weighted by Crippen LogP contribution is 2.43. The number of unbranched alkanes of at least 4 members (excludes halogenated alkanes) is 1. The molecule has 5 nitrogen and oxygen atoms in total. The minimum absolute atomic E-state index is 0.268. The topological polar surface area (TPSA) is 55.8 Å². The summed E-state index contributed by atoms with van der Waals surface area (Å²) in [5, 5.41) is 0. The van der Waals surface area contributed by atoms with Gasteiger partial charge in [0.2, 0.25) is 0 Å². The molecule has 0 bridgehead atoms. The van der Waals surface area contributed by atoms with Crippen molar-refractivity contribution in [3.63, 3.8) is 0 Å². The van der Waals surface area contributed by atoms with Crippen molar-refractivity contribution in [2.45, 2.75) is 70.9 Å². The molecule has 0 radical (unpaired) electrons. The lowest BCUT2D eigenvalue weighted by Crippen LogP contribution is -2.40. The molecule has 3 atom stereocenters. The summed E-state index contributed by atoms with van der Waals surface area (Å²) >= 11 is 0. The summed E-state index contributed by atoms with van der Waals surface area (Å²) in [5.74, 6) is -2.88. The SMILES string of the molecule is CCCCOC(=O)[C@@H]1C[C@H](N(C)C(=O)OC(C)(C)C)C[C@H]1c1ccc(F)cc1F. The van der Waals surface area contributed by atoms with Crippen molar-refractivity contribution in [1.29, 1.82) is 0 Å². The predicted molar refractivity (Wildman–Crippen MR) is 105 cm³/mol. The molecule has 1 aliphatic carbocycles. The maximum Gasteiger partial charge on any atom is 0.410 e. The number of nitrogens with zero attached hydrogens (tertiary/aromatic N) is 1. The van der Waals surface area contributed by atoms with Gasteiger partial charge in [-0.15, -0.1) is 0 Å². The van der Waals surface area contributed by atoms with Crippen molar-refractivity contribution >= 4 is 12.1 Å². The van der Waals surface area contributed by atoms with Crippen LogP contribution >= 0.6 is 0 Å². The van der Waals surface area contributed by atoms with Gasteiger partial charge in [0.15, 0.2) is 0 Å². The quantitative estimate of drug-likeness (QED) is 0.486. The van der Waals surface area contributed by atoms with Gasteiger partial charge in [-0.2, -0.15) is 0 Å². The Kier molecular flexibility index (Phi) is 7.60. The predicted octanol–water partition coefficient (Wildman–Crippen LogP) is 5.04. The fraction of sp³-hybridized carbons (Fsp3) is 0.636. The maximum atomic E-state index is 14.5. The van der Waals surface area contributed by atoms with E-state index in [1.807, 2.05) is 6.92 Å². The first kappa shape index (κ1) is 23.1. The van der Waals surface area contributed by atoms with Crippen LogP contribution in [0.4, 0.5) is 13.6 Å². The van der Waals surface area contributed by atoms with Crippen molar-refractivity contribution < 1.29 is 27.8 Å². The third kappa shape index (κ3) is 6.15. The zero-order valence-electron chi connectivity index (χ0n) is 17.8. The molecule has 1 aromatic carbocycles. The number of ether oxygens (including phenoxy) is 2. The molecule has 1 fully saturated rings. The van der Waals surface area contributed by atoms with Gasteiger partial charge in [-0.1, -0.05) is 19.4 Å². The first-order valence-corrected chi connectivity index (χ1v) is 10.1. The summed E-state index contributed by atoms with van der Waals surface area (Å²) in [4.78, 5) is 26.6. The van der Waals surface area contributed by atoms with Crippen molar-refractivity contribution in [1.82, 2.24) is 4.90 Å². The molecule has 0 aliphatic heterocycles. The van der Waals surface area contributed by atoms with Crippen LogP contribution in [0.15, 0.2) is 18.2 Å². The zero-order chi connectivity index (χ0) is 21.8. The average Bonchev–Trinajstić information content (AvgIpc) is 3.04. The van der Waals surface area contributed by atoms with Gasteiger partial charge in [-0.3, -0.25) is 4.79 Å². The standard InChI is InChI=1S/C22H31F2NO4/c1-6-7-10-28-20(26)18-13-15(25(5)21(27)29-22(2,3)4)12-17(18)16-9-8-14(23)11-19(16)24/h8-9,11,15,17-18H,6-7,10,12-13H2,1-5H3/t15-,17+,18-/m1/s1. The van der Waals surface area contributed by atoms with E-state index in [9.17, 15) is 18.4 Å². The largest absolute Gasteiger partial charge is 0.465 e. The number of esters is 1. The Morgan fingerprint density at radius 2 is 1.90 bits per heavy atom. The molecule has 1 aliphatic rings. The van der Waals surface area contributed by atoms with Crippen LogP contribution < -0.4 is 0 Å². The maximum absolute atomic E-state index is 14.5. The molecular formula is C22H31F2NO4. The van der Waals surface area contributed by atoms with E-state index in [1.165, 1.54) is 17.0 Å². The number of amides is 1. The fourth-order valence-corrected chi connectivity index (χ4v) is 3.64. The van der Waals surface area contributed by atoms with Crippen LogP contribution in [-0.4, -0.2) is 42.3 Å². The highest BCUT2D eigenvalue weighted by molar-refractivity contribution is 5.75. The Balaban J connectivity index is 2.23. The van der Waals surface area contributed by atoms with Crippen LogP contribution in [0.5, 0.6) is 0 Å². The molecule has 0 unspecified atom stereocenters. The first-order valence-electron chi connectivity index (χ1n) is 10.1. The Morgan fingerprint density at radius 1 is 1.21 bits per heavy atom. The molecule has 1 saturated carbocycles. The minimum atomic E-state index is -0.693. The molecule has 29 heavy (non-hydrogen) atoms. The monoisotopic (exact) mass is 411 g/mol. The summed E-state index contributed by atoms with van der Waals surface area (Å²) in [5.41, 5.74) is -0.380. The van der Waals surface area contributed by atoms with E-state index in [0.717, 1.165) is 18.9 Å². The Labute approximate surface area is 171 Å². The lowest BCUT2D eigenvalue weighted by molar-refractivity contribution is -0.149. The summed E-state index contributed by atoms with van der Waals surface area (Å²) in [6.45, 7) is 7.62. The zero-order valence-corrected chi connectivity index (χ0v) is 17.8. The number of carbonyl (C=O) groups excluding carboxylic acids is 2. The lowest BCUT2D eigenvalue weighted by Gasteiger charge is -2.28. The summed E-state index contributed by atoms with van der Waals surface area (Å²) in [6, 6.07) is 3.06. The summed E-state index contributed by atoms with van der Waals surface area (Å²) < 4.78 is 38.6. The molecule has 0 spiro atoms. The lowest BCUT2D eigenvalue weighted by atomic mass is 9.88. The highest BCUT2D eigenvalue weighted by atomic mass is 19.1. The fourth-order valence-electron chi connectivity index (χ4n) is 3.64. The number of rotatable bonds is 6. The highest BCUT2D eigenvalue weighted by Gasteiger charge is 2.44. The van der Waals surface area contributed by atoms with Gasteiger partial charge in [0, 0.05) is 25.1 Å². The molecule has 1 amide bonds. The molecular weight excluding hydrogens is 380 g/mol. The van der Waals surface area contributed by atoms with Gasteiger partial charge in [-0.25, -0.2) is 13.6 Å². The van der Waals surface area contributed by atoms with Crippen molar-refractivity contribution in [2.24, 2.45) is 5.92 Å². The molecule has 7 heteroatoms. The second-order valence-corrected chi connectivity index (χ2v) is 8.62. The molecule has 0 saturated heterocycles. The van der Waals surface area contributed by atoms with Gasteiger partial charge < -0.3 is 14.4 Å². The van der Waals surface area contributed by atoms with E-state index in [-0.39, 0.29) is 11.6 Å². The van der Waals surface area contributed by atoms with Gasteiger partial charge in [-0.05, 0) is 51.7 Å². The second-order valence-electron chi connectivity index (χ2n) is 8.62. The number of halogens is 2. The van der Waals surface area contributed by atoms with Gasteiger partial charge >= 0.3 is 12.1 Å². The summed E-state index contributed by atoms with van der Waals surface area (Å²) in [7, 11) is 1.61. The molecule has 2 rings (SSSR count). The first-order chi connectivity index (χ1) is 13.5. The van der Waals surface area contributed by atoms with Crippen molar-refractivity contribution in [2.75, 3.05) is 13.7 Å². The van der Waals surface area contributed by atoms with E-state index >= 15 is 0 Å². The van der Waals surface area contributed by atoms with E-state index in [4.69, 9.17) is 9.47 Å². The Hall–Kier alpha value is -2.18. The van der Waals surface area contributed by atoms with Crippen LogP contribution in [0.25, 0.3) is 0 Å². The van der Waals surface area contributed by atoms with Crippen LogP contribution in [0, 0.1) is 17.6 Å². The third-order valence-corrected chi connectivity index (χ3v) is 5.17. The second kappa shape index (κ2) is 9.55. The Morgan fingerprint density at radius 3 is 2.48 bits per heavy atom. The molecule has 162 valence electrons. The molecule has 0 aromatic heterocycles. The van der Waals surface area contributed by atoms with Gasteiger partial charge in [0.1, 0.15) is 17.2 Å². The van der Waals surface area contributed by atoms with Crippen molar-refractivity contribution in [3.05, 3.63) is 35.4 Å². The van der Waals surface area contributed by atoms with Crippen molar-refractivity contribution in [3.8, 4) is 0 Å². The van der Waals surface area contributed by atoms with Crippen LogP contribution in [-0.2, 0) is 14.3 Å². The molecule has 1 aromatic rings. The Bertz CT molecular complexity index is 732. The number of benzene rings is 1. The average molecular weight is 411 g/mol. The van der Waals surface area contributed by atoms with Crippen LogP contribution in [0.3, 0.4) is 0 Å². The van der Waals surface area contributed by atoms with E-state index in [1.54, 1.807) is 27.8 Å². The van der Waals surface area contributed by atoms with E-state index < -0.39 is 41.1 Å². The summed E-state index contributed by atoms with van der Waals surface area (Å²) in [6.07, 6.45) is 1.84. The number of hydrogen-bond donors (Lipinski definition) is 0. The van der Waals surface area contributed by atoms with Gasteiger partial charge in [0.05, 0.1) is 12.5 Å². The smallest absolute Gasteiger partial charge is 0.410 e. The minimum Gasteiger partial charge on any atom is -0.465 e.